The summed E-state index contributed by atoms with van der Waals surface area (Å²) in [5.41, 5.74) is 3.23. The van der Waals surface area contributed by atoms with Crippen LogP contribution in [0.25, 0.3) is 11.3 Å². The maximum absolute atomic E-state index is 13.5. The lowest BCUT2D eigenvalue weighted by molar-refractivity contribution is -0.134. The Morgan fingerprint density at radius 2 is 1.53 bits per heavy atom. The van der Waals surface area contributed by atoms with Crippen LogP contribution in [0.4, 0.5) is 0 Å². The zero-order chi connectivity index (χ0) is 24.1. The fourth-order valence-corrected chi connectivity index (χ4v) is 4.21. The molecule has 0 aliphatic rings. The molecule has 0 unspecified atom stereocenters. The van der Waals surface area contributed by atoms with Crippen LogP contribution in [0.15, 0.2) is 96.0 Å². The lowest BCUT2D eigenvalue weighted by Gasteiger charge is -2.24. The number of nitrogens with zero attached hydrogens (tertiary/aromatic N) is 4. The molecular formula is C25H25N5O3S. The standard InChI is InChI=1S/C25H25N5O3S/c1-29(17-20-10-6-3-7-11-20)25(31)24(16-19-8-4-2-5-9-19)30-18-23(27-28-30)21-12-14-22(15-13-21)34(26,32)33/h2-15,18,24H,16-17H2,1H3,(H2,26,32,33)/t24-/m0/s1. The molecule has 0 saturated heterocycles. The molecule has 1 heterocycles. The van der Waals surface area contributed by atoms with Crippen LogP contribution in [-0.4, -0.2) is 41.3 Å². The van der Waals surface area contributed by atoms with E-state index in [4.69, 9.17) is 5.14 Å². The zero-order valence-corrected chi connectivity index (χ0v) is 19.5. The Kier molecular flexibility index (Phi) is 6.85. The molecule has 0 saturated carbocycles. The van der Waals surface area contributed by atoms with E-state index in [1.165, 1.54) is 12.1 Å². The minimum absolute atomic E-state index is 0.0170. The van der Waals surface area contributed by atoms with Crippen molar-refractivity contribution < 1.29 is 13.2 Å². The molecule has 4 rings (SSSR count). The first-order valence-electron chi connectivity index (χ1n) is 10.7. The molecule has 2 N–H and O–H groups in total. The van der Waals surface area contributed by atoms with Gasteiger partial charge in [-0.1, -0.05) is 78.0 Å². The molecule has 0 spiro atoms. The van der Waals surface area contributed by atoms with Crippen molar-refractivity contribution in [3.63, 3.8) is 0 Å². The van der Waals surface area contributed by atoms with Crippen molar-refractivity contribution in [3.8, 4) is 11.3 Å². The van der Waals surface area contributed by atoms with Gasteiger partial charge in [0.1, 0.15) is 11.7 Å². The van der Waals surface area contributed by atoms with E-state index < -0.39 is 16.1 Å². The van der Waals surface area contributed by atoms with E-state index in [0.717, 1.165) is 11.1 Å². The van der Waals surface area contributed by atoms with E-state index in [-0.39, 0.29) is 10.8 Å². The van der Waals surface area contributed by atoms with Crippen molar-refractivity contribution in [1.29, 1.82) is 0 Å². The monoisotopic (exact) mass is 475 g/mol. The Labute approximate surface area is 198 Å². The second kappa shape index (κ2) is 9.98. The van der Waals surface area contributed by atoms with Gasteiger partial charge in [0.05, 0.1) is 11.1 Å². The summed E-state index contributed by atoms with van der Waals surface area (Å²) in [4.78, 5) is 15.2. The number of nitrogens with two attached hydrogens (primary N) is 1. The summed E-state index contributed by atoms with van der Waals surface area (Å²) in [5, 5.41) is 13.7. The number of aromatic nitrogens is 3. The maximum atomic E-state index is 13.5. The van der Waals surface area contributed by atoms with Crippen LogP contribution < -0.4 is 5.14 Å². The largest absolute Gasteiger partial charge is 0.340 e. The molecule has 34 heavy (non-hydrogen) atoms. The number of primary sulfonamides is 1. The van der Waals surface area contributed by atoms with Gasteiger partial charge in [-0.25, -0.2) is 18.2 Å². The molecule has 0 bridgehead atoms. The van der Waals surface area contributed by atoms with E-state index in [1.807, 2.05) is 60.7 Å². The Balaban J connectivity index is 1.61. The molecule has 4 aromatic rings. The summed E-state index contributed by atoms with van der Waals surface area (Å²) in [6.07, 6.45) is 2.15. The second-order valence-electron chi connectivity index (χ2n) is 8.04. The second-order valence-corrected chi connectivity index (χ2v) is 9.60. The zero-order valence-electron chi connectivity index (χ0n) is 18.7. The fourth-order valence-electron chi connectivity index (χ4n) is 3.70. The number of likely N-dealkylation sites (N-methyl/N-ethyl adjacent to an activating group) is 1. The van der Waals surface area contributed by atoms with Crippen LogP contribution in [0.5, 0.6) is 0 Å². The molecular weight excluding hydrogens is 450 g/mol. The first-order valence-corrected chi connectivity index (χ1v) is 12.2. The number of sulfonamides is 1. The van der Waals surface area contributed by atoms with Crippen molar-refractivity contribution in [2.24, 2.45) is 5.14 Å². The van der Waals surface area contributed by atoms with Crippen molar-refractivity contribution >= 4 is 15.9 Å². The van der Waals surface area contributed by atoms with Crippen LogP contribution >= 0.6 is 0 Å². The SMILES string of the molecule is CN(Cc1ccccc1)C(=O)[C@H](Cc1ccccc1)n1cc(-c2ccc(S(N)(=O)=O)cc2)nn1. The van der Waals surface area contributed by atoms with Gasteiger partial charge in [0.2, 0.25) is 15.9 Å². The molecule has 1 atom stereocenters. The predicted molar refractivity (Wildman–Crippen MR) is 129 cm³/mol. The molecule has 1 amide bonds. The number of rotatable bonds is 8. The first kappa shape index (κ1) is 23.3. The minimum atomic E-state index is -3.78. The number of amides is 1. The highest BCUT2D eigenvalue weighted by molar-refractivity contribution is 7.89. The number of hydrogen-bond acceptors (Lipinski definition) is 5. The van der Waals surface area contributed by atoms with Gasteiger partial charge in [-0.15, -0.1) is 5.10 Å². The van der Waals surface area contributed by atoms with Gasteiger partial charge >= 0.3 is 0 Å². The Hall–Kier alpha value is -3.82. The molecule has 0 aliphatic heterocycles. The van der Waals surface area contributed by atoms with Crippen molar-refractivity contribution in [2.75, 3.05) is 7.05 Å². The van der Waals surface area contributed by atoms with Crippen molar-refractivity contribution in [3.05, 3.63) is 102 Å². The van der Waals surface area contributed by atoms with E-state index in [2.05, 4.69) is 10.3 Å². The highest BCUT2D eigenvalue weighted by atomic mass is 32.2. The molecule has 1 aromatic heterocycles. The van der Waals surface area contributed by atoms with Crippen LogP contribution in [0, 0.1) is 0 Å². The third-order valence-electron chi connectivity index (χ3n) is 5.50. The topological polar surface area (TPSA) is 111 Å². The highest BCUT2D eigenvalue weighted by Crippen LogP contribution is 2.23. The van der Waals surface area contributed by atoms with Gasteiger partial charge in [0.15, 0.2) is 0 Å². The van der Waals surface area contributed by atoms with E-state index in [1.54, 1.807) is 35.0 Å². The Morgan fingerprint density at radius 3 is 2.12 bits per heavy atom. The average Bonchev–Trinajstić information content (AvgIpc) is 3.33. The molecule has 3 aromatic carbocycles. The van der Waals surface area contributed by atoms with Crippen molar-refractivity contribution in [1.82, 2.24) is 19.9 Å². The average molecular weight is 476 g/mol. The fraction of sp³-hybridized carbons (Fsp3) is 0.160. The van der Waals surface area contributed by atoms with E-state index in [0.29, 0.717) is 24.2 Å². The molecule has 0 fully saturated rings. The van der Waals surface area contributed by atoms with Crippen LogP contribution in [0.1, 0.15) is 17.2 Å². The van der Waals surface area contributed by atoms with Gasteiger partial charge in [-0.2, -0.15) is 0 Å². The summed E-state index contributed by atoms with van der Waals surface area (Å²) in [7, 11) is -2.01. The number of hydrogen-bond donors (Lipinski definition) is 1. The summed E-state index contributed by atoms with van der Waals surface area (Å²) in [5.74, 6) is -0.0891. The Morgan fingerprint density at radius 1 is 0.941 bits per heavy atom. The summed E-state index contributed by atoms with van der Waals surface area (Å²) in [6.45, 7) is 0.474. The van der Waals surface area contributed by atoms with Crippen LogP contribution in [0.3, 0.4) is 0 Å². The quantitative estimate of drug-likeness (QED) is 0.421. The summed E-state index contributed by atoms with van der Waals surface area (Å²) >= 11 is 0. The lowest BCUT2D eigenvalue weighted by atomic mass is 10.0. The minimum Gasteiger partial charge on any atom is -0.340 e. The molecule has 9 heteroatoms. The van der Waals surface area contributed by atoms with Gasteiger partial charge < -0.3 is 4.90 Å². The van der Waals surface area contributed by atoms with Gasteiger partial charge in [0.25, 0.3) is 0 Å². The third kappa shape index (κ3) is 5.56. The number of benzene rings is 3. The van der Waals surface area contributed by atoms with Gasteiger partial charge in [0, 0.05) is 25.6 Å². The Bertz CT molecular complexity index is 1350. The van der Waals surface area contributed by atoms with Crippen molar-refractivity contribution in [2.45, 2.75) is 23.9 Å². The third-order valence-corrected chi connectivity index (χ3v) is 6.43. The first-order chi connectivity index (χ1) is 16.3. The predicted octanol–water partition coefficient (Wildman–Crippen LogP) is 3.03. The van der Waals surface area contributed by atoms with Crippen LogP contribution in [-0.2, 0) is 27.8 Å². The smallest absolute Gasteiger partial charge is 0.247 e. The molecule has 0 radical (unpaired) electrons. The molecule has 0 aliphatic carbocycles. The number of carbonyl (C=O) groups excluding carboxylic acids is 1. The van der Waals surface area contributed by atoms with Gasteiger partial charge in [-0.05, 0) is 23.3 Å². The maximum Gasteiger partial charge on any atom is 0.247 e. The van der Waals surface area contributed by atoms with E-state index in [9.17, 15) is 13.2 Å². The number of carbonyl (C=O) groups is 1. The summed E-state index contributed by atoms with van der Waals surface area (Å²) < 4.78 is 24.6. The van der Waals surface area contributed by atoms with Crippen LogP contribution in [0.2, 0.25) is 0 Å². The van der Waals surface area contributed by atoms with E-state index >= 15 is 0 Å². The van der Waals surface area contributed by atoms with Gasteiger partial charge in [-0.3, -0.25) is 4.79 Å². The normalized spacial score (nSPS) is 12.3. The lowest BCUT2D eigenvalue weighted by Crippen LogP contribution is -2.35. The molecule has 8 nitrogen and oxygen atoms in total. The highest BCUT2D eigenvalue weighted by Gasteiger charge is 2.26. The summed E-state index contributed by atoms with van der Waals surface area (Å²) in [6, 6.07) is 25.0. The molecule has 174 valence electrons.